The van der Waals surface area contributed by atoms with Crippen molar-refractivity contribution in [1.29, 1.82) is 0 Å². The Morgan fingerprint density at radius 3 is 2.09 bits per heavy atom. The number of nitrogens with zero attached hydrogens (tertiary/aromatic N) is 2. The SMILES string of the molecule is CCOc1ccc(S(=O)(=O)N2CCN(C(=O)[C@H](C)NS(=O)(=O)c3ccccc3)CC2)cc1. The highest BCUT2D eigenvalue weighted by Crippen LogP contribution is 2.21. The monoisotopic (exact) mass is 481 g/mol. The number of sulfonamides is 2. The molecule has 2 aromatic rings. The molecule has 1 aliphatic rings. The molecule has 0 aromatic heterocycles. The third kappa shape index (κ3) is 5.47. The molecule has 1 fully saturated rings. The Morgan fingerprint density at radius 2 is 1.53 bits per heavy atom. The van der Waals surface area contributed by atoms with E-state index in [9.17, 15) is 21.6 Å². The molecule has 0 radical (unpaired) electrons. The number of piperazine rings is 1. The lowest BCUT2D eigenvalue weighted by Crippen LogP contribution is -2.55. The highest BCUT2D eigenvalue weighted by molar-refractivity contribution is 7.89. The van der Waals surface area contributed by atoms with Crippen molar-refractivity contribution in [1.82, 2.24) is 13.9 Å². The maximum atomic E-state index is 12.9. The van der Waals surface area contributed by atoms with E-state index >= 15 is 0 Å². The van der Waals surface area contributed by atoms with E-state index in [4.69, 9.17) is 4.74 Å². The number of hydrogen-bond donors (Lipinski definition) is 1. The summed E-state index contributed by atoms with van der Waals surface area (Å²) in [7, 11) is -7.53. The van der Waals surface area contributed by atoms with Gasteiger partial charge in [-0.3, -0.25) is 4.79 Å². The third-order valence-electron chi connectivity index (χ3n) is 5.08. The van der Waals surface area contributed by atoms with Crippen molar-refractivity contribution in [3.63, 3.8) is 0 Å². The molecule has 1 heterocycles. The number of carbonyl (C=O) groups excluding carboxylic acids is 1. The van der Waals surface area contributed by atoms with Gasteiger partial charge in [-0.05, 0) is 50.2 Å². The summed E-state index contributed by atoms with van der Waals surface area (Å²) in [5.74, 6) is 0.191. The smallest absolute Gasteiger partial charge is 0.243 e. The van der Waals surface area contributed by atoms with E-state index in [1.165, 1.54) is 40.4 Å². The minimum atomic E-state index is -3.84. The van der Waals surface area contributed by atoms with Gasteiger partial charge in [0.05, 0.1) is 22.4 Å². The van der Waals surface area contributed by atoms with Gasteiger partial charge in [0.2, 0.25) is 26.0 Å². The van der Waals surface area contributed by atoms with Gasteiger partial charge in [0.1, 0.15) is 5.75 Å². The first kappa shape index (κ1) is 24.2. The Labute approximate surface area is 189 Å². The number of amides is 1. The number of rotatable bonds is 8. The maximum Gasteiger partial charge on any atom is 0.243 e. The predicted molar refractivity (Wildman–Crippen MR) is 119 cm³/mol. The van der Waals surface area contributed by atoms with E-state index in [-0.39, 0.29) is 36.0 Å². The molecule has 0 saturated carbocycles. The molecule has 32 heavy (non-hydrogen) atoms. The van der Waals surface area contributed by atoms with Crippen LogP contribution in [-0.4, -0.2) is 70.8 Å². The van der Waals surface area contributed by atoms with E-state index in [1.54, 1.807) is 30.3 Å². The fraction of sp³-hybridized carbons (Fsp3) is 0.381. The summed E-state index contributed by atoms with van der Waals surface area (Å²) in [6, 6.07) is 13.0. The summed E-state index contributed by atoms with van der Waals surface area (Å²) in [4.78, 5) is 14.5. The summed E-state index contributed by atoms with van der Waals surface area (Å²) < 4.78 is 59.8. The zero-order chi connectivity index (χ0) is 23.4. The van der Waals surface area contributed by atoms with Gasteiger partial charge < -0.3 is 9.64 Å². The minimum absolute atomic E-state index is 0.0749. The molecule has 0 unspecified atom stereocenters. The zero-order valence-electron chi connectivity index (χ0n) is 18.0. The van der Waals surface area contributed by atoms with Crippen LogP contribution in [0.3, 0.4) is 0 Å². The van der Waals surface area contributed by atoms with Crippen LogP contribution in [0.25, 0.3) is 0 Å². The van der Waals surface area contributed by atoms with Gasteiger partial charge in [0, 0.05) is 26.2 Å². The van der Waals surface area contributed by atoms with Gasteiger partial charge in [-0.25, -0.2) is 16.8 Å². The van der Waals surface area contributed by atoms with Crippen molar-refractivity contribution < 1.29 is 26.4 Å². The van der Waals surface area contributed by atoms with Crippen molar-refractivity contribution in [2.45, 2.75) is 29.7 Å². The van der Waals surface area contributed by atoms with Crippen molar-refractivity contribution in [2.24, 2.45) is 0 Å². The summed E-state index contributed by atoms with van der Waals surface area (Å²) in [5.41, 5.74) is 0. The second-order valence-corrected chi connectivity index (χ2v) is 10.9. The average Bonchev–Trinajstić information content (AvgIpc) is 2.79. The Morgan fingerprint density at radius 1 is 0.938 bits per heavy atom. The van der Waals surface area contributed by atoms with Crippen molar-refractivity contribution in [3.05, 3.63) is 54.6 Å². The fourth-order valence-electron chi connectivity index (χ4n) is 3.40. The third-order valence-corrected chi connectivity index (χ3v) is 8.55. The van der Waals surface area contributed by atoms with Crippen LogP contribution >= 0.6 is 0 Å². The van der Waals surface area contributed by atoms with Gasteiger partial charge in [-0.1, -0.05) is 18.2 Å². The largest absolute Gasteiger partial charge is 0.494 e. The van der Waals surface area contributed by atoms with Gasteiger partial charge in [-0.2, -0.15) is 9.03 Å². The molecule has 1 saturated heterocycles. The molecule has 174 valence electrons. The van der Waals surface area contributed by atoms with Gasteiger partial charge in [0.15, 0.2) is 0 Å². The second-order valence-electron chi connectivity index (χ2n) is 7.29. The quantitative estimate of drug-likeness (QED) is 0.608. The summed E-state index contributed by atoms with van der Waals surface area (Å²) >= 11 is 0. The Bertz CT molecular complexity index is 1130. The summed E-state index contributed by atoms with van der Waals surface area (Å²) in [5, 5.41) is 0. The van der Waals surface area contributed by atoms with Gasteiger partial charge in [-0.15, -0.1) is 0 Å². The zero-order valence-corrected chi connectivity index (χ0v) is 19.6. The molecular formula is C21H27N3O6S2. The highest BCUT2D eigenvalue weighted by atomic mass is 32.2. The van der Waals surface area contributed by atoms with Crippen LogP contribution in [-0.2, 0) is 24.8 Å². The first-order valence-electron chi connectivity index (χ1n) is 10.2. The van der Waals surface area contributed by atoms with Crippen LogP contribution in [0.15, 0.2) is 64.4 Å². The lowest BCUT2D eigenvalue weighted by atomic mass is 10.2. The van der Waals surface area contributed by atoms with E-state index in [0.717, 1.165) is 0 Å². The number of nitrogens with one attached hydrogen (secondary N) is 1. The first-order chi connectivity index (χ1) is 15.1. The van der Waals surface area contributed by atoms with E-state index in [2.05, 4.69) is 4.72 Å². The maximum absolute atomic E-state index is 12.9. The lowest BCUT2D eigenvalue weighted by Gasteiger charge is -2.35. The predicted octanol–water partition coefficient (Wildman–Crippen LogP) is 1.29. The highest BCUT2D eigenvalue weighted by Gasteiger charge is 2.32. The molecule has 0 spiro atoms. The molecule has 0 aliphatic carbocycles. The number of carbonyl (C=O) groups is 1. The molecule has 2 aromatic carbocycles. The van der Waals surface area contributed by atoms with Crippen LogP contribution in [0.5, 0.6) is 5.75 Å². The van der Waals surface area contributed by atoms with Crippen LogP contribution in [0.4, 0.5) is 0 Å². The molecule has 1 amide bonds. The van der Waals surface area contributed by atoms with Crippen LogP contribution < -0.4 is 9.46 Å². The Hall–Kier alpha value is -2.47. The summed E-state index contributed by atoms with van der Waals surface area (Å²) in [6.45, 7) is 4.41. The first-order valence-corrected chi connectivity index (χ1v) is 13.2. The van der Waals surface area contributed by atoms with Crippen molar-refractivity contribution in [2.75, 3.05) is 32.8 Å². The molecule has 11 heteroatoms. The number of ether oxygens (including phenoxy) is 1. The van der Waals surface area contributed by atoms with Gasteiger partial charge in [0.25, 0.3) is 0 Å². The van der Waals surface area contributed by atoms with E-state index in [1.807, 2.05) is 6.92 Å². The summed E-state index contributed by atoms with van der Waals surface area (Å²) in [6.07, 6.45) is 0. The molecule has 1 atom stereocenters. The fourth-order valence-corrected chi connectivity index (χ4v) is 6.04. The Balaban J connectivity index is 1.60. The molecule has 1 aliphatic heterocycles. The van der Waals surface area contributed by atoms with Crippen LogP contribution in [0.1, 0.15) is 13.8 Å². The van der Waals surface area contributed by atoms with Crippen LogP contribution in [0, 0.1) is 0 Å². The lowest BCUT2D eigenvalue weighted by molar-refractivity contribution is -0.133. The Kier molecular flexibility index (Phi) is 7.55. The molecular weight excluding hydrogens is 454 g/mol. The molecule has 9 nitrogen and oxygen atoms in total. The minimum Gasteiger partial charge on any atom is -0.494 e. The van der Waals surface area contributed by atoms with Gasteiger partial charge >= 0.3 is 0 Å². The number of benzene rings is 2. The molecule has 0 bridgehead atoms. The number of hydrogen-bond acceptors (Lipinski definition) is 6. The van der Waals surface area contributed by atoms with Crippen LogP contribution in [0.2, 0.25) is 0 Å². The van der Waals surface area contributed by atoms with Crippen molar-refractivity contribution in [3.8, 4) is 5.75 Å². The van der Waals surface area contributed by atoms with Crippen molar-refractivity contribution >= 4 is 26.0 Å². The topological polar surface area (TPSA) is 113 Å². The van der Waals surface area contributed by atoms with E-state index < -0.39 is 32.0 Å². The normalized spacial score (nSPS) is 16.5. The second kappa shape index (κ2) is 9.99. The molecule has 3 rings (SSSR count). The standard InChI is InChI=1S/C21H27N3O6S2/c1-3-30-18-9-11-20(12-10-18)32(28,29)24-15-13-23(14-16-24)21(25)17(2)22-31(26,27)19-7-5-4-6-8-19/h4-12,17,22H,3,13-16H2,1-2H3/t17-/m0/s1. The van der Waals surface area contributed by atoms with E-state index in [0.29, 0.717) is 12.4 Å². The molecule has 1 N–H and O–H groups in total. The average molecular weight is 482 g/mol.